The number of anilines is 2. The highest BCUT2D eigenvalue weighted by Crippen LogP contribution is 2.55. The molecule has 20 heteroatoms. The van der Waals surface area contributed by atoms with Crippen molar-refractivity contribution in [2.75, 3.05) is 16.8 Å². The standard InChI is InChI=1S/C25H12BrF12N5O2/c26-14-8-11(22(29,24(33,34)35)25(36,37)38)7-13(23(30,31)32)19(14)42-20(44)12-3-1-4-16(18(12)28)43(6-2-5-39)21(45)15-9-41-17(27)10-40-15/h1,3-4,7-10H,2,6H2,(H,42,44). The Morgan fingerprint density at radius 3 is 2.07 bits per heavy atom. The minimum absolute atomic E-state index is 0.287. The third-order valence-corrected chi connectivity index (χ3v) is 6.48. The van der Waals surface area contributed by atoms with Crippen LogP contribution in [0.5, 0.6) is 0 Å². The SMILES string of the molecule is N#CCCN(C(=O)c1cnc(F)cn1)c1cccc(C(=O)Nc2c(Br)cc(C(F)(C(F)(F)F)C(F)(F)F)cc2C(F)(F)F)c1F. The predicted molar refractivity (Wildman–Crippen MR) is 132 cm³/mol. The number of aromatic nitrogens is 2. The van der Waals surface area contributed by atoms with Crippen molar-refractivity contribution in [1.29, 1.82) is 5.26 Å². The summed E-state index contributed by atoms with van der Waals surface area (Å²) >= 11 is 2.32. The molecule has 2 amide bonds. The fourth-order valence-electron chi connectivity index (χ4n) is 3.78. The summed E-state index contributed by atoms with van der Waals surface area (Å²) in [6.07, 6.45) is -18.6. The average molecular weight is 722 g/mol. The summed E-state index contributed by atoms with van der Waals surface area (Å²) in [6.45, 7) is -0.551. The number of halogens is 13. The summed E-state index contributed by atoms with van der Waals surface area (Å²) in [5.74, 6) is -5.59. The fourth-order valence-corrected chi connectivity index (χ4v) is 4.34. The van der Waals surface area contributed by atoms with Crippen LogP contribution in [0.2, 0.25) is 0 Å². The van der Waals surface area contributed by atoms with Crippen LogP contribution in [0.3, 0.4) is 0 Å². The second kappa shape index (κ2) is 12.5. The zero-order valence-electron chi connectivity index (χ0n) is 21.5. The van der Waals surface area contributed by atoms with Crippen LogP contribution in [-0.4, -0.2) is 40.7 Å². The van der Waals surface area contributed by atoms with E-state index in [-0.39, 0.29) is 6.07 Å². The Kier molecular flexibility index (Phi) is 9.77. The lowest BCUT2D eigenvalue weighted by Gasteiger charge is -2.31. The quantitative estimate of drug-likeness (QED) is 0.253. The number of carbonyl (C=O) groups excluding carboxylic acids is 2. The highest BCUT2D eigenvalue weighted by Gasteiger charge is 2.73. The average Bonchev–Trinajstić information content (AvgIpc) is 2.92. The van der Waals surface area contributed by atoms with Crippen LogP contribution in [-0.2, 0) is 11.8 Å². The van der Waals surface area contributed by atoms with Crippen LogP contribution < -0.4 is 10.2 Å². The van der Waals surface area contributed by atoms with Gasteiger partial charge in [0.1, 0.15) is 5.69 Å². The molecule has 0 spiro atoms. The highest BCUT2D eigenvalue weighted by atomic mass is 79.9. The van der Waals surface area contributed by atoms with Gasteiger partial charge in [0.15, 0.2) is 5.82 Å². The lowest BCUT2D eigenvalue weighted by molar-refractivity contribution is -0.348. The smallest absolute Gasteiger partial charge is 0.320 e. The fraction of sp³-hybridized carbons (Fsp3) is 0.240. The van der Waals surface area contributed by atoms with Gasteiger partial charge in [-0.15, -0.1) is 0 Å². The summed E-state index contributed by atoms with van der Waals surface area (Å²) in [6, 6.07) is 3.09. The van der Waals surface area contributed by atoms with Gasteiger partial charge in [0.05, 0.1) is 47.4 Å². The molecule has 0 fully saturated rings. The van der Waals surface area contributed by atoms with E-state index in [1.165, 1.54) is 5.32 Å². The van der Waals surface area contributed by atoms with E-state index in [0.29, 0.717) is 23.4 Å². The summed E-state index contributed by atoms with van der Waals surface area (Å²) in [7, 11) is 0. The van der Waals surface area contributed by atoms with Gasteiger partial charge < -0.3 is 10.2 Å². The van der Waals surface area contributed by atoms with Crippen LogP contribution in [0, 0.1) is 23.1 Å². The molecule has 0 aliphatic rings. The van der Waals surface area contributed by atoms with E-state index < -0.39 is 105 Å². The van der Waals surface area contributed by atoms with Gasteiger partial charge in [0.2, 0.25) is 5.95 Å². The van der Waals surface area contributed by atoms with Crippen molar-refractivity contribution in [3.05, 3.63) is 81.3 Å². The number of nitrogens with one attached hydrogen (secondary N) is 1. The van der Waals surface area contributed by atoms with Crippen molar-refractivity contribution in [3.8, 4) is 6.07 Å². The Labute approximate surface area is 251 Å². The number of rotatable bonds is 7. The van der Waals surface area contributed by atoms with Crippen LogP contribution in [0.25, 0.3) is 0 Å². The number of benzene rings is 2. The molecule has 2 aromatic carbocycles. The van der Waals surface area contributed by atoms with Gasteiger partial charge in [-0.05, 0) is 40.2 Å². The minimum Gasteiger partial charge on any atom is -0.320 e. The molecule has 1 heterocycles. The first-order valence-electron chi connectivity index (χ1n) is 11.6. The van der Waals surface area contributed by atoms with Gasteiger partial charge in [-0.1, -0.05) is 6.07 Å². The first kappa shape index (κ1) is 35.1. The molecule has 0 saturated carbocycles. The predicted octanol–water partition coefficient (Wildman–Crippen LogP) is 7.64. The molecule has 0 bridgehead atoms. The number of hydrogen-bond acceptors (Lipinski definition) is 5. The van der Waals surface area contributed by atoms with Crippen molar-refractivity contribution in [2.45, 2.75) is 30.6 Å². The normalized spacial score (nSPS) is 12.4. The summed E-state index contributed by atoms with van der Waals surface area (Å²) in [4.78, 5) is 33.1. The molecule has 0 saturated heterocycles. The molecule has 45 heavy (non-hydrogen) atoms. The Bertz CT molecular complexity index is 1640. The Morgan fingerprint density at radius 1 is 0.933 bits per heavy atom. The molecule has 3 rings (SSSR count). The molecule has 1 N–H and O–H groups in total. The van der Waals surface area contributed by atoms with Crippen LogP contribution in [0.15, 0.2) is 47.2 Å². The van der Waals surface area contributed by atoms with Gasteiger partial charge in [-0.25, -0.2) is 18.7 Å². The van der Waals surface area contributed by atoms with Gasteiger partial charge in [-0.3, -0.25) is 9.59 Å². The number of carbonyl (C=O) groups is 2. The topological polar surface area (TPSA) is 99.0 Å². The lowest BCUT2D eigenvalue weighted by atomic mass is 9.92. The number of alkyl halides is 10. The van der Waals surface area contributed by atoms with Crippen LogP contribution >= 0.6 is 15.9 Å². The molecular formula is C25H12BrF12N5O2. The van der Waals surface area contributed by atoms with E-state index in [1.54, 1.807) is 6.07 Å². The third-order valence-electron chi connectivity index (χ3n) is 5.86. The van der Waals surface area contributed by atoms with E-state index in [4.69, 9.17) is 5.26 Å². The number of amides is 2. The highest BCUT2D eigenvalue weighted by molar-refractivity contribution is 9.10. The van der Waals surface area contributed by atoms with Gasteiger partial charge >= 0.3 is 24.2 Å². The van der Waals surface area contributed by atoms with Crippen molar-refractivity contribution in [3.63, 3.8) is 0 Å². The van der Waals surface area contributed by atoms with Crippen molar-refractivity contribution >= 4 is 39.1 Å². The first-order chi connectivity index (χ1) is 20.6. The Morgan fingerprint density at radius 2 is 1.56 bits per heavy atom. The maximum absolute atomic E-state index is 15.6. The monoisotopic (exact) mass is 721 g/mol. The number of nitriles is 1. The number of nitrogens with zero attached hydrogens (tertiary/aromatic N) is 4. The van der Waals surface area contributed by atoms with Crippen LogP contribution in [0.4, 0.5) is 64.1 Å². The van der Waals surface area contributed by atoms with E-state index in [2.05, 4.69) is 25.9 Å². The molecule has 3 aromatic rings. The zero-order chi connectivity index (χ0) is 34.1. The van der Waals surface area contributed by atoms with Gasteiger partial charge in [0.25, 0.3) is 11.8 Å². The molecule has 7 nitrogen and oxygen atoms in total. The lowest BCUT2D eigenvalue weighted by Crippen LogP contribution is -2.50. The maximum Gasteiger partial charge on any atom is 0.435 e. The Hall–Kier alpha value is -4.41. The Balaban J connectivity index is 2.12. The van der Waals surface area contributed by atoms with Gasteiger partial charge in [-0.2, -0.15) is 49.2 Å². The van der Waals surface area contributed by atoms with Gasteiger partial charge in [0, 0.05) is 16.6 Å². The minimum atomic E-state index is -6.77. The maximum atomic E-state index is 15.6. The van der Waals surface area contributed by atoms with Crippen molar-refractivity contribution < 1.29 is 62.3 Å². The molecule has 0 aliphatic heterocycles. The zero-order valence-corrected chi connectivity index (χ0v) is 23.1. The third kappa shape index (κ3) is 6.97. The van der Waals surface area contributed by atoms with E-state index in [0.717, 1.165) is 12.1 Å². The molecule has 1 aromatic heterocycles. The first-order valence-corrected chi connectivity index (χ1v) is 12.4. The number of hydrogen-bond donors (Lipinski definition) is 1. The molecule has 0 radical (unpaired) electrons. The summed E-state index contributed by atoms with van der Waals surface area (Å²) in [5, 5.41) is 10.5. The molecule has 0 unspecified atom stereocenters. The second-order valence-corrected chi connectivity index (χ2v) is 9.57. The second-order valence-electron chi connectivity index (χ2n) is 8.71. The summed E-state index contributed by atoms with van der Waals surface area (Å²) < 4.78 is 163. The van der Waals surface area contributed by atoms with Crippen LogP contribution in [0.1, 0.15) is 38.4 Å². The molecule has 0 atom stereocenters. The van der Waals surface area contributed by atoms with E-state index in [9.17, 15) is 57.9 Å². The largest absolute Gasteiger partial charge is 0.435 e. The molecular weight excluding hydrogens is 710 g/mol. The van der Waals surface area contributed by atoms with Crippen molar-refractivity contribution in [2.24, 2.45) is 0 Å². The molecule has 0 aliphatic carbocycles. The van der Waals surface area contributed by atoms with E-state index >= 15 is 4.39 Å². The summed E-state index contributed by atoms with van der Waals surface area (Å²) in [5.41, 5.74) is -15.0. The molecule has 240 valence electrons. The van der Waals surface area contributed by atoms with E-state index in [1.807, 2.05) is 0 Å². The van der Waals surface area contributed by atoms with Crippen molar-refractivity contribution in [1.82, 2.24) is 9.97 Å².